The molecule has 0 radical (unpaired) electrons. The van der Waals surface area contributed by atoms with Crippen molar-refractivity contribution in [2.24, 2.45) is 10.4 Å². The molecule has 3 atom stereocenters. The summed E-state index contributed by atoms with van der Waals surface area (Å²) in [5, 5.41) is 2.59. The molecule has 1 amide bonds. The summed E-state index contributed by atoms with van der Waals surface area (Å²) in [5.41, 5.74) is 0.564. The van der Waals surface area contributed by atoms with Crippen molar-refractivity contribution in [1.82, 2.24) is 5.32 Å². The van der Waals surface area contributed by atoms with Crippen LogP contribution in [0.4, 0.5) is 0 Å². The highest BCUT2D eigenvalue weighted by atomic mass is 16.5. The molecule has 0 bridgehead atoms. The van der Waals surface area contributed by atoms with Crippen molar-refractivity contribution in [2.75, 3.05) is 21.3 Å². The van der Waals surface area contributed by atoms with E-state index in [9.17, 15) is 14.4 Å². The number of aliphatic imine (C=N–C) groups is 1. The van der Waals surface area contributed by atoms with Gasteiger partial charge in [0.15, 0.2) is 0 Å². The lowest BCUT2D eigenvalue weighted by Crippen LogP contribution is -2.48. The fourth-order valence-electron chi connectivity index (χ4n) is 3.97. The number of nitrogens with one attached hydrogen (secondary N) is 1. The molecule has 1 aliphatic rings. The van der Waals surface area contributed by atoms with Gasteiger partial charge in [-0.05, 0) is 50.3 Å². The fraction of sp³-hybridized carbons (Fsp3) is 0.545. The van der Waals surface area contributed by atoms with Gasteiger partial charge in [0.25, 0.3) is 0 Å². The fourth-order valence-corrected chi connectivity index (χ4v) is 3.97. The second kappa shape index (κ2) is 10.2. The Morgan fingerprint density at radius 2 is 1.80 bits per heavy atom. The van der Waals surface area contributed by atoms with Gasteiger partial charge in [0.2, 0.25) is 5.91 Å². The predicted octanol–water partition coefficient (Wildman–Crippen LogP) is 2.61. The number of hydrogen-bond acceptors (Lipinski definition) is 7. The van der Waals surface area contributed by atoms with Crippen molar-refractivity contribution >= 4 is 23.6 Å². The molecule has 30 heavy (non-hydrogen) atoms. The van der Waals surface area contributed by atoms with E-state index in [2.05, 4.69) is 5.32 Å². The minimum Gasteiger partial charge on any atom is -0.497 e. The van der Waals surface area contributed by atoms with Gasteiger partial charge in [-0.2, -0.15) is 0 Å². The number of amides is 1. The Balaban J connectivity index is 2.40. The molecule has 164 valence electrons. The van der Waals surface area contributed by atoms with E-state index >= 15 is 0 Å². The van der Waals surface area contributed by atoms with Crippen LogP contribution < -0.4 is 10.1 Å². The zero-order chi connectivity index (χ0) is 22.3. The van der Waals surface area contributed by atoms with Crippen LogP contribution in [0, 0.1) is 5.41 Å². The lowest BCUT2D eigenvalue weighted by molar-refractivity contribution is -0.152. The minimum absolute atomic E-state index is 0.0418. The maximum absolute atomic E-state index is 12.9. The zero-order valence-electron chi connectivity index (χ0n) is 18.2. The highest BCUT2D eigenvalue weighted by Gasteiger charge is 2.50. The molecule has 0 spiro atoms. The van der Waals surface area contributed by atoms with Crippen LogP contribution in [0.2, 0.25) is 0 Å². The molecular weight excluding hydrogens is 388 g/mol. The van der Waals surface area contributed by atoms with Crippen molar-refractivity contribution in [3.63, 3.8) is 0 Å². The number of rotatable bonds is 8. The van der Waals surface area contributed by atoms with E-state index in [1.807, 2.05) is 31.2 Å². The average molecular weight is 418 g/mol. The van der Waals surface area contributed by atoms with Crippen molar-refractivity contribution in [3.8, 4) is 5.75 Å². The maximum atomic E-state index is 12.9. The number of nitrogens with zero attached hydrogens (tertiary/aromatic N) is 1. The summed E-state index contributed by atoms with van der Waals surface area (Å²) in [5.74, 6) is -0.698. The number of carbonyl (C=O) groups excluding carboxylic acids is 3. The van der Waals surface area contributed by atoms with Crippen LogP contribution in [0.25, 0.3) is 0 Å². The number of carbonyl (C=O) groups is 3. The average Bonchev–Trinajstić information content (AvgIpc) is 3.14. The van der Waals surface area contributed by atoms with Gasteiger partial charge in [-0.15, -0.1) is 0 Å². The van der Waals surface area contributed by atoms with Gasteiger partial charge in [-0.25, -0.2) is 4.79 Å². The second-order valence-electron chi connectivity index (χ2n) is 7.43. The highest BCUT2D eigenvalue weighted by Crippen LogP contribution is 2.42. The summed E-state index contributed by atoms with van der Waals surface area (Å²) in [6.45, 7) is 3.26. The van der Waals surface area contributed by atoms with Crippen LogP contribution in [0.15, 0.2) is 29.3 Å². The monoisotopic (exact) mass is 418 g/mol. The molecule has 1 aromatic rings. The molecule has 0 aliphatic heterocycles. The van der Waals surface area contributed by atoms with Crippen LogP contribution in [-0.2, 0) is 23.9 Å². The first-order valence-electron chi connectivity index (χ1n) is 9.91. The van der Waals surface area contributed by atoms with Crippen molar-refractivity contribution < 1.29 is 28.6 Å². The molecule has 0 aromatic heterocycles. The smallest absolute Gasteiger partial charge is 0.328 e. The molecular formula is C22H30N2O6. The molecule has 0 heterocycles. The first-order chi connectivity index (χ1) is 14.3. The van der Waals surface area contributed by atoms with Crippen LogP contribution in [0.3, 0.4) is 0 Å². The molecule has 2 unspecified atom stereocenters. The number of benzene rings is 1. The van der Waals surface area contributed by atoms with E-state index in [0.717, 1.165) is 17.7 Å². The number of esters is 2. The standard InChI is InChI=1S/C22H30N2O6/c1-14(16-8-10-17(28-3)11-9-16)23-19-7-6-12-22(19,21(27)30-5)13-18(20(26)29-4)24-15(2)25/h8-11,14,18H,6-7,12-13H2,1-5H3,(H,24,25)/t14?,18?,22-/m0/s1. The van der Waals surface area contributed by atoms with Gasteiger partial charge in [-0.1, -0.05) is 12.1 Å². The summed E-state index contributed by atoms with van der Waals surface area (Å²) in [7, 11) is 4.17. The summed E-state index contributed by atoms with van der Waals surface area (Å²) in [6.07, 6.45) is 1.88. The van der Waals surface area contributed by atoms with Crippen LogP contribution in [0.1, 0.15) is 51.1 Å². The maximum Gasteiger partial charge on any atom is 0.328 e. The first kappa shape index (κ1) is 23.4. The molecule has 8 nitrogen and oxygen atoms in total. The molecule has 2 rings (SSSR count). The Bertz CT molecular complexity index is 804. The summed E-state index contributed by atoms with van der Waals surface area (Å²) < 4.78 is 15.1. The third-order valence-electron chi connectivity index (χ3n) is 5.51. The third-order valence-corrected chi connectivity index (χ3v) is 5.51. The van der Waals surface area contributed by atoms with Gasteiger partial charge in [-0.3, -0.25) is 14.6 Å². The van der Waals surface area contributed by atoms with Gasteiger partial charge in [0.05, 0.1) is 27.4 Å². The van der Waals surface area contributed by atoms with E-state index < -0.39 is 23.4 Å². The highest BCUT2D eigenvalue weighted by molar-refractivity contribution is 6.08. The molecule has 1 fully saturated rings. The van der Waals surface area contributed by atoms with Crippen molar-refractivity contribution in [3.05, 3.63) is 29.8 Å². The second-order valence-corrected chi connectivity index (χ2v) is 7.43. The number of hydrogen-bond donors (Lipinski definition) is 1. The van der Waals surface area contributed by atoms with E-state index in [-0.39, 0.29) is 18.4 Å². The first-order valence-corrected chi connectivity index (χ1v) is 9.91. The van der Waals surface area contributed by atoms with Crippen molar-refractivity contribution in [2.45, 2.75) is 51.6 Å². The lowest BCUT2D eigenvalue weighted by Gasteiger charge is -2.31. The minimum atomic E-state index is -1.09. The molecule has 1 N–H and O–H groups in total. The van der Waals surface area contributed by atoms with Crippen LogP contribution in [0.5, 0.6) is 5.75 Å². The molecule has 1 aromatic carbocycles. The van der Waals surface area contributed by atoms with Gasteiger partial charge >= 0.3 is 11.9 Å². The Morgan fingerprint density at radius 1 is 1.13 bits per heavy atom. The van der Waals surface area contributed by atoms with Gasteiger partial charge in [0.1, 0.15) is 17.2 Å². The predicted molar refractivity (Wildman–Crippen MR) is 111 cm³/mol. The van der Waals surface area contributed by atoms with Crippen LogP contribution in [-0.4, -0.2) is 50.9 Å². The zero-order valence-corrected chi connectivity index (χ0v) is 18.2. The Kier molecular flexibility index (Phi) is 7.97. The Morgan fingerprint density at radius 3 is 2.33 bits per heavy atom. The normalized spacial score (nSPS) is 21.6. The van der Waals surface area contributed by atoms with Gasteiger partial charge in [0, 0.05) is 12.6 Å². The SMILES string of the molecule is COC(=O)C(C[C@@]1(C(=O)OC)CCCC1=NC(C)c1ccc(OC)cc1)NC(C)=O. The molecule has 1 aliphatic carbocycles. The van der Waals surface area contributed by atoms with E-state index in [1.54, 1.807) is 7.11 Å². The molecule has 0 saturated heterocycles. The summed E-state index contributed by atoms with van der Waals surface area (Å²) >= 11 is 0. The van der Waals surface area contributed by atoms with E-state index in [0.29, 0.717) is 18.6 Å². The third kappa shape index (κ3) is 5.17. The summed E-state index contributed by atoms with van der Waals surface area (Å²) in [6, 6.07) is 6.40. The Hall–Kier alpha value is -2.90. The summed E-state index contributed by atoms with van der Waals surface area (Å²) in [4.78, 5) is 41.6. The molecule has 8 heteroatoms. The topological polar surface area (TPSA) is 103 Å². The van der Waals surface area contributed by atoms with E-state index in [4.69, 9.17) is 19.2 Å². The van der Waals surface area contributed by atoms with Gasteiger partial charge < -0.3 is 19.5 Å². The lowest BCUT2D eigenvalue weighted by atomic mass is 9.78. The van der Waals surface area contributed by atoms with Crippen molar-refractivity contribution in [1.29, 1.82) is 0 Å². The van der Waals surface area contributed by atoms with Crippen LogP contribution >= 0.6 is 0 Å². The number of ether oxygens (including phenoxy) is 3. The largest absolute Gasteiger partial charge is 0.497 e. The Labute approximate surface area is 177 Å². The number of methoxy groups -OCH3 is 3. The molecule has 1 saturated carbocycles. The van der Waals surface area contributed by atoms with E-state index in [1.165, 1.54) is 21.1 Å². The quantitative estimate of drug-likeness (QED) is 0.651.